The molecular formula is C13H11F2N3O3. The van der Waals surface area contributed by atoms with Gasteiger partial charge in [0.1, 0.15) is 5.69 Å². The minimum Gasteiger partial charge on any atom is -0.479 e. The van der Waals surface area contributed by atoms with Gasteiger partial charge in [-0.3, -0.25) is 4.98 Å². The highest BCUT2D eigenvalue weighted by Gasteiger charge is 2.20. The number of carbonyl (C=O) groups is 1. The maximum atomic E-state index is 12.8. The van der Waals surface area contributed by atoms with E-state index >= 15 is 0 Å². The maximum Gasteiger partial charge on any atom is 0.337 e. The van der Waals surface area contributed by atoms with Crippen LogP contribution >= 0.6 is 0 Å². The SMILES string of the molecule is COc1nnc(C(F)F)cc1-c1cc(C)ncc1C(=O)O. The molecule has 0 aliphatic rings. The number of methoxy groups -OCH3 is 1. The summed E-state index contributed by atoms with van der Waals surface area (Å²) in [5.41, 5.74) is 0.172. The fourth-order valence-corrected chi connectivity index (χ4v) is 1.80. The molecule has 2 aromatic heterocycles. The normalized spacial score (nSPS) is 10.7. The highest BCUT2D eigenvalue weighted by atomic mass is 19.3. The molecule has 1 N–H and O–H groups in total. The van der Waals surface area contributed by atoms with Gasteiger partial charge in [0.15, 0.2) is 0 Å². The highest BCUT2D eigenvalue weighted by Crippen LogP contribution is 2.33. The highest BCUT2D eigenvalue weighted by molar-refractivity contribution is 5.96. The average Bonchev–Trinajstić information content (AvgIpc) is 2.46. The molecule has 0 unspecified atom stereocenters. The smallest absolute Gasteiger partial charge is 0.337 e. The number of aromatic nitrogens is 3. The number of aromatic carboxylic acids is 1. The summed E-state index contributed by atoms with van der Waals surface area (Å²) in [6.45, 7) is 1.66. The first kappa shape index (κ1) is 14.8. The van der Waals surface area contributed by atoms with E-state index in [1.165, 1.54) is 13.2 Å². The van der Waals surface area contributed by atoms with E-state index in [-0.39, 0.29) is 22.6 Å². The van der Waals surface area contributed by atoms with Crippen LogP contribution < -0.4 is 4.74 Å². The van der Waals surface area contributed by atoms with Crippen LogP contribution in [0.2, 0.25) is 0 Å². The van der Waals surface area contributed by atoms with Crippen LogP contribution in [-0.4, -0.2) is 33.4 Å². The molecular weight excluding hydrogens is 284 g/mol. The van der Waals surface area contributed by atoms with Crippen molar-refractivity contribution in [1.29, 1.82) is 0 Å². The third kappa shape index (κ3) is 2.93. The Morgan fingerprint density at radius 2 is 2.00 bits per heavy atom. The largest absolute Gasteiger partial charge is 0.479 e. The second-order valence-corrected chi connectivity index (χ2v) is 4.17. The number of carboxylic acid groups (broad SMARTS) is 1. The molecule has 0 aromatic carbocycles. The summed E-state index contributed by atoms with van der Waals surface area (Å²) in [5, 5.41) is 16.1. The van der Waals surface area contributed by atoms with Gasteiger partial charge in [-0.1, -0.05) is 0 Å². The van der Waals surface area contributed by atoms with Crippen LogP contribution in [0.4, 0.5) is 8.78 Å². The fraction of sp³-hybridized carbons (Fsp3) is 0.231. The van der Waals surface area contributed by atoms with Gasteiger partial charge in [0.2, 0.25) is 5.88 Å². The van der Waals surface area contributed by atoms with Crippen LogP contribution in [0.3, 0.4) is 0 Å². The summed E-state index contributed by atoms with van der Waals surface area (Å²) in [5.74, 6) is -1.26. The second-order valence-electron chi connectivity index (χ2n) is 4.17. The van der Waals surface area contributed by atoms with Crippen molar-refractivity contribution in [2.75, 3.05) is 7.11 Å². The zero-order chi connectivity index (χ0) is 15.6. The number of nitrogens with zero attached hydrogens (tertiary/aromatic N) is 3. The van der Waals surface area contributed by atoms with Gasteiger partial charge < -0.3 is 9.84 Å². The Balaban J connectivity index is 2.73. The van der Waals surface area contributed by atoms with Crippen molar-refractivity contribution in [2.24, 2.45) is 0 Å². The van der Waals surface area contributed by atoms with E-state index in [4.69, 9.17) is 4.74 Å². The molecule has 21 heavy (non-hydrogen) atoms. The molecule has 0 fully saturated rings. The van der Waals surface area contributed by atoms with E-state index in [1.807, 2.05) is 0 Å². The van der Waals surface area contributed by atoms with Crippen molar-refractivity contribution in [1.82, 2.24) is 15.2 Å². The second kappa shape index (κ2) is 5.78. The number of halogens is 2. The number of hydrogen-bond acceptors (Lipinski definition) is 5. The Labute approximate surface area is 118 Å². The minimum atomic E-state index is -2.82. The Bertz CT molecular complexity index is 692. The van der Waals surface area contributed by atoms with Gasteiger partial charge in [0.25, 0.3) is 6.43 Å². The van der Waals surface area contributed by atoms with Crippen LogP contribution in [0.15, 0.2) is 18.3 Å². The number of pyridine rings is 1. The molecule has 0 bridgehead atoms. The Hall–Kier alpha value is -2.64. The van der Waals surface area contributed by atoms with E-state index in [0.29, 0.717) is 5.69 Å². The van der Waals surface area contributed by atoms with Crippen LogP contribution in [-0.2, 0) is 0 Å². The molecule has 2 rings (SSSR count). The van der Waals surface area contributed by atoms with E-state index in [2.05, 4.69) is 15.2 Å². The molecule has 2 heterocycles. The standard InChI is InChI=1S/C13H11F2N3O3/c1-6-3-7(9(5-16-6)13(19)20)8-4-10(11(14)15)17-18-12(8)21-2/h3-5,11H,1-2H3,(H,19,20). The topological polar surface area (TPSA) is 85.2 Å². The summed E-state index contributed by atoms with van der Waals surface area (Å²) >= 11 is 0. The zero-order valence-corrected chi connectivity index (χ0v) is 11.2. The van der Waals surface area contributed by atoms with Crippen molar-refractivity contribution in [3.05, 3.63) is 35.3 Å². The van der Waals surface area contributed by atoms with Gasteiger partial charge in [-0.2, -0.15) is 0 Å². The molecule has 0 amide bonds. The van der Waals surface area contributed by atoms with E-state index < -0.39 is 18.1 Å². The number of rotatable bonds is 4. The monoisotopic (exact) mass is 295 g/mol. The predicted octanol–water partition coefficient (Wildman–Crippen LogP) is 2.49. The summed E-state index contributed by atoms with van der Waals surface area (Å²) < 4.78 is 30.5. The van der Waals surface area contributed by atoms with Crippen molar-refractivity contribution in [2.45, 2.75) is 13.3 Å². The third-order valence-electron chi connectivity index (χ3n) is 2.76. The zero-order valence-electron chi connectivity index (χ0n) is 11.2. The lowest BCUT2D eigenvalue weighted by Gasteiger charge is -2.11. The Morgan fingerprint density at radius 1 is 1.29 bits per heavy atom. The lowest BCUT2D eigenvalue weighted by atomic mass is 10.0. The summed E-state index contributed by atoms with van der Waals surface area (Å²) in [6, 6.07) is 2.54. The molecule has 2 aromatic rings. The first-order valence-electron chi connectivity index (χ1n) is 5.84. The fourth-order valence-electron chi connectivity index (χ4n) is 1.80. The van der Waals surface area contributed by atoms with Gasteiger partial charge >= 0.3 is 5.97 Å². The first-order chi connectivity index (χ1) is 9.93. The number of carboxylic acids is 1. The number of aryl methyl sites for hydroxylation is 1. The van der Waals surface area contributed by atoms with Crippen molar-refractivity contribution < 1.29 is 23.4 Å². The van der Waals surface area contributed by atoms with Gasteiger partial charge in [0.05, 0.1) is 12.7 Å². The van der Waals surface area contributed by atoms with E-state index in [0.717, 1.165) is 12.3 Å². The Morgan fingerprint density at radius 3 is 2.57 bits per heavy atom. The molecule has 0 radical (unpaired) electrons. The molecule has 0 saturated carbocycles. The van der Waals surface area contributed by atoms with Gasteiger partial charge in [-0.15, -0.1) is 10.2 Å². The molecule has 110 valence electrons. The van der Waals surface area contributed by atoms with Crippen molar-refractivity contribution in [3.8, 4) is 17.0 Å². The number of hydrogen-bond donors (Lipinski definition) is 1. The number of alkyl halides is 2. The first-order valence-corrected chi connectivity index (χ1v) is 5.84. The van der Waals surface area contributed by atoms with Crippen LogP contribution in [0.25, 0.3) is 11.1 Å². The molecule has 0 aliphatic carbocycles. The van der Waals surface area contributed by atoms with E-state index in [9.17, 15) is 18.7 Å². The van der Waals surface area contributed by atoms with Gasteiger partial charge in [-0.25, -0.2) is 13.6 Å². The quantitative estimate of drug-likeness (QED) is 0.932. The molecule has 0 spiro atoms. The van der Waals surface area contributed by atoms with Crippen molar-refractivity contribution in [3.63, 3.8) is 0 Å². The third-order valence-corrected chi connectivity index (χ3v) is 2.76. The molecule has 0 atom stereocenters. The van der Waals surface area contributed by atoms with Crippen LogP contribution in [0.1, 0.15) is 28.2 Å². The molecule has 8 heteroatoms. The average molecular weight is 295 g/mol. The maximum absolute atomic E-state index is 12.8. The lowest BCUT2D eigenvalue weighted by molar-refractivity contribution is 0.0697. The summed E-state index contributed by atoms with van der Waals surface area (Å²) in [4.78, 5) is 15.2. The van der Waals surface area contributed by atoms with Crippen molar-refractivity contribution >= 4 is 5.97 Å². The van der Waals surface area contributed by atoms with Gasteiger partial charge in [0, 0.05) is 23.0 Å². The van der Waals surface area contributed by atoms with Crippen LogP contribution in [0, 0.1) is 6.92 Å². The molecule has 6 nitrogen and oxygen atoms in total. The molecule has 0 saturated heterocycles. The Kier molecular flexibility index (Phi) is 4.06. The van der Waals surface area contributed by atoms with Crippen LogP contribution in [0.5, 0.6) is 5.88 Å². The number of ether oxygens (including phenoxy) is 1. The van der Waals surface area contributed by atoms with Gasteiger partial charge in [-0.05, 0) is 19.1 Å². The lowest BCUT2D eigenvalue weighted by Crippen LogP contribution is -2.05. The summed E-state index contributed by atoms with van der Waals surface area (Å²) in [6.07, 6.45) is -1.66. The summed E-state index contributed by atoms with van der Waals surface area (Å²) in [7, 11) is 1.30. The molecule has 0 aliphatic heterocycles. The predicted molar refractivity (Wildman–Crippen MR) is 68.5 cm³/mol. The minimum absolute atomic E-state index is 0.0347. The van der Waals surface area contributed by atoms with E-state index in [1.54, 1.807) is 6.92 Å².